The van der Waals surface area contributed by atoms with Crippen LogP contribution in [0.1, 0.15) is 36.5 Å². The normalized spacial score (nSPS) is 12.1. The van der Waals surface area contributed by atoms with E-state index in [2.05, 4.69) is 0 Å². The zero-order valence-corrected chi connectivity index (χ0v) is 12.4. The van der Waals surface area contributed by atoms with Gasteiger partial charge in [0, 0.05) is 0 Å². The van der Waals surface area contributed by atoms with Crippen molar-refractivity contribution in [2.75, 3.05) is 6.54 Å². The van der Waals surface area contributed by atoms with Crippen LogP contribution in [0.5, 0.6) is 5.75 Å². The van der Waals surface area contributed by atoms with Gasteiger partial charge in [-0.15, -0.1) is 0 Å². The zero-order chi connectivity index (χ0) is 15.1. The van der Waals surface area contributed by atoms with Crippen molar-refractivity contribution in [1.82, 2.24) is 0 Å². The molecule has 1 unspecified atom stereocenters. The average Bonchev–Trinajstić information content (AvgIpc) is 2.48. The molecule has 112 valence electrons. The lowest BCUT2D eigenvalue weighted by molar-refractivity contribution is 0.190. The van der Waals surface area contributed by atoms with Gasteiger partial charge in [0.25, 0.3) is 0 Å². The monoisotopic (exact) mass is 287 g/mol. The molecular formula is C18H22FNO. The number of hydrogen-bond acceptors (Lipinski definition) is 2. The SMILES string of the molecule is Cc1ccc(OC(CCCCN)c2cccc(F)c2)cc1. The predicted octanol–water partition coefficient (Wildman–Crippen LogP) is 4.38. The summed E-state index contributed by atoms with van der Waals surface area (Å²) < 4.78 is 19.5. The second-order valence-electron chi connectivity index (χ2n) is 5.26. The van der Waals surface area contributed by atoms with E-state index in [0.29, 0.717) is 6.54 Å². The van der Waals surface area contributed by atoms with Crippen LogP contribution < -0.4 is 10.5 Å². The van der Waals surface area contributed by atoms with Crippen LogP contribution in [-0.4, -0.2) is 6.54 Å². The smallest absolute Gasteiger partial charge is 0.124 e. The maximum atomic E-state index is 13.4. The minimum Gasteiger partial charge on any atom is -0.486 e. The van der Waals surface area contributed by atoms with E-state index in [1.165, 1.54) is 11.6 Å². The van der Waals surface area contributed by atoms with E-state index in [-0.39, 0.29) is 11.9 Å². The van der Waals surface area contributed by atoms with Crippen LogP contribution in [0.15, 0.2) is 48.5 Å². The van der Waals surface area contributed by atoms with Gasteiger partial charge in [0.1, 0.15) is 17.7 Å². The molecule has 0 spiro atoms. The van der Waals surface area contributed by atoms with Gasteiger partial charge in [0.05, 0.1) is 0 Å². The zero-order valence-electron chi connectivity index (χ0n) is 12.4. The van der Waals surface area contributed by atoms with Gasteiger partial charge in [-0.1, -0.05) is 29.8 Å². The molecule has 0 bridgehead atoms. The van der Waals surface area contributed by atoms with E-state index in [9.17, 15) is 4.39 Å². The standard InChI is InChI=1S/C18H22FNO/c1-14-8-10-17(11-9-14)21-18(7-2-3-12-20)15-5-4-6-16(19)13-15/h4-6,8-11,13,18H,2-3,7,12,20H2,1H3. The molecule has 1 atom stereocenters. The molecule has 0 fully saturated rings. The molecule has 0 radical (unpaired) electrons. The summed E-state index contributed by atoms with van der Waals surface area (Å²) in [5.41, 5.74) is 7.60. The van der Waals surface area contributed by atoms with E-state index < -0.39 is 0 Å². The lowest BCUT2D eigenvalue weighted by Crippen LogP contribution is -2.09. The van der Waals surface area contributed by atoms with Crippen molar-refractivity contribution in [3.8, 4) is 5.75 Å². The number of unbranched alkanes of at least 4 members (excludes halogenated alkanes) is 1. The summed E-state index contributed by atoms with van der Waals surface area (Å²) in [4.78, 5) is 0. The Kier molecular flexibility index (Phi) is 5.76. The molecule has 0 amide bonds. The molecule has 2 N–H and O–H groups in total. The molecule has 0 saturated heterocycles. The van der Waals surface area contributed by atoms with Crippen molar-refractivity contribution in [3.05, 3.63) is 65.5 Å². The van der Waals surface area contributed by atoms with Crippen molar-refractivity contribution in [2.24, 2.45) is 5.73 Å². The summed E-state index contributed by atoms with van der Waals surface area (Å²) in [5.74, 6) is 0.575. The second-order valence-corrected chi connectivity index (χ2v) is 5.26. The van der Waals surface area contributed by atoms with Crippen molar-refractivity contribution in [2.45, 2.75) is 32.3 Å². The first-order valence-corrected chi connectivity index (χ1v) is 7.38. The fraction of sp³-hybridized carbons (Fsp3) is 0.333. The van der Waals surface area contributed by atoms with Crippen LogP contribution in [0.25, 0.3) is 0 Å². The first-order valence-electron chi connectivity index (χ1n) is 7.38. The maximum Gasteiger partial charge on any atom is 0.124 e. The molecule has 0 aromatic heterocycles. The highest BCUT2D eigenvalue weighted by Gasteiger charge is 2.14. The van der Waals surface area contributed by atoms with Gasteiger partial charge in [0.2, 0.25) is 0 Å². The summed E-state index contributed by atoms with van der Waals surface area (Å²) in [6, 6.07) is 14.5. The van der Waals surface area contributed by atoms with Gasteiger partial charge in [-0.25, -0.2) is 4.39 Å². The quantitative estimate of drug-likeness (QED) is 0.767. The number of aryl methyl sites for hydroxylation is 1. The number of nitrogens with two attached hydrogens (primary N) is 1. The van der Waals surface area contributed by atoms with E-state index in [4.69, 9.17) is 10.5 Å². The van der Waals surface area contributed by atoms with Gasteiger partial charge in [-0.05, 0) is 62.6 Å². The highest BCUT2D eigenvalue weighted by atomic mass is 19.1. The minimum absolute atomic E-state index is 0.144. The fourth-order valence-corrected chi connectivity index (χ4v) is 2.26. The Balaban J connectivity index is 2.13. The third-order valence-corrected chi connectivity index (χ3v) is 3.44. The number of benzene rings is 2. The molecule has 2 rings (SSSR count). The first-order chi connectivity index (χ1) is 10.2. The lowest BCUT2D eigenvalue weighted by atomic mass is 10.0. The molecule has 21 heavy (non-hydrogen) atoms. The van der Waals surface area contributed by atoms with Gasteiger partial charge < -0.3 is 10.5 Å². The Hall–Kier alpha value is -1.87. The lowest BCUT2D eigenvalue weighted by Gasteiger charge is -2.20. The Morgan fingerprint density at radius 2 is 1.86 bits per heavy atom. The largest absolute Gasteiger partial charge is 0.486 e. The third-order valence-electron chi connectivity index (χ3n) is 3.44. The Morgan fingerprint density at radius 3 is 2.52 bits per heavy atom. The Morgan fingerprint density at radius 1 is 1.10 bits per heavy atom. The summed E-state index contributed by atoms with van der Waals surface area (Å²) in [7, 11) is 0. The van der Waals surface area contributed by atoms with Gasteiger partial charge >= 0.3 is 0 Å². The minimum atomic E-state index is -0.233. The molecule has 3 heteroatoms. The van der Waals surface area contributed by atoms with Crippen LogP contribution in [0.3, 0.4) is 0 Å². The van der Waals surface area contributed by atoms with Crippen LogP contribution in [0.4, 0.5) is 4.39 Å². The number of halogens is 1. The maximum absolute atomic E-state index is 13.4. The number of hydrogen-bond donors (Lipinski definition) is 1. The third kappa shape index (κ3) is 4.87. The molecule has 2 aromatic rings. The molecule has 2 aromatic carbocycles. The molecule has 0 aliphatic carbocycles. The highest BCUT2D eigenvalue weighted by Crippen LogP contribution is 2.27. The predicted molar refractivity (Wildman–Crippen MR) is 83.9 cm³/mol. The summed E-state index contributed by atoms with van der Waals surface area (Å²) >= 11 is 0. The number of ether oxygens (including phenoxy) is 1. The molecule has 0 aliphatic heterocycles. The molecular weight excluding hydrogens is 265 g/mol. The molecule has 2 nitrogen and oxygen atoms in total. The van der Waals surface area contributed by atoms with Crippen molar-refractivity contribution in [3.63, 3.8) is 0 Å². The van der Waals surface area contributed by atoms with Gasteiger partial charge in [-0.3, -0.25) is 0 Å². The van der Waals surface area contributed by atoms with Crippen molar-refractivity contribution in [1.29, 1.82) is 0 Å². The van der Waals surface area contributed by atoms with Gasteiger partial charge in [0.15, 0.2) is 0 Å². The van der Waals surface area contributed by atoms with Crippen molar-refractivity contribution < 1.29 is 9.13 Å². The molecule has 0 aliphatic rings. The summed E-state index contributed by atoms with van der Waals surface area (Å²) in [6.07, 6.45) is 2.59. The van der Waals surface area contributed by atoms with E-state index in [0.717, 1.165) is 30.6 Å². The van der Waals surface area contributed by atoms with Crippen molar-refractivity contribution >= 4 is 0 Å². The summed E-state index contributed by atoms with van der Waals surface area (Å²) in [5, 5.41) is 0. The highest BCUT2D eigenvalue weighted by molar-refractivity contribution is 5.28. The summed E-state index contributed by atoms with van der Waals surface area (Å²) in [6.45, 7) is 2.70. The fourth-order valence-electron chi connectivity index (χ4n) is 2.26. The second kappa shape index (κ2) is 7.79. The van der Waals surface area contributed by atoms with Crippen LogP contribution >= 0.6 is 0 Å². The van der Waals surface area contributed by atoms with Crippen LogP contribution in [0.2, 0.25) is 0 Å². The van der Waals surface area contributed by atoms with E-state index in [1.807, 2.05) is 37.3 Å². The van der Waals surface area contributed by atoms with Gasteiger partial charge in [-0.2, -0.15) is 0 Å². The van der Waals surface area contributed by atoms with E-state index >= 15 is 0 Å². The van der Waals surface area contributed by atoms with E-state index in [1.54, 1.807) is 12.1 Å². The Bertz CT molecular complexity index is 553. The topological polar surface area (TPSA) is 35.2 Å². The average molecular weight is 287 g/mol. The van der Waals surface area contributed by atoms with Crippen LogP contribution in [-0.2, 0) is 0 Å². The molecule has 0 heterocycles. The first kappa shape index (κ1) is 15.5. The van der Waals surface area contributed by atoms with Crippen LogP contribution in [0, 0.1) is 12.7 Å². The Labute approximate surface area is 125 Å². The molecule has 0 saturated carbocycles. The number of rotatable bonds is 7.